The molecule has 2 heterocycles. The van der Waals surface area contributed by atoms with Crippen molar-refractivity contribution in [1.82, 2.24) is 9.96 Å². The summed E-state index contributed by atoms with van der Waals surface area (Å²) in [7, 11) is 1.53. The predicted molar refractivity (Wildman–Crippen MR) is 106 cm³/mol. The van der Waals surface area contributed by atoms with Crippen molar-refractivity contribution in [1.29, 1.82) is 0 Å². The molecule has 2 aromatic rings. The van der Waals surface area contributed by atoms with Crippen molar-refractivity contribution >= 4 is 11.8 Å². The smallest absolute Gasteiger partial charge is 0.261 e. The molecule has 0 aliphatic carbocycles. The first-order valence-corrected chi connectivity index (χ1v) is 9.69. The Balaban J connectivity index is 1.46. The van der Waals surface area contributed by atoms with E-state index in [-0.39, 0.29) is 17.9 Å². The molecule has 2 aliphatic heterocycles. The van der Waals surface area contributed by atoms with Crippen LogP contribution >= 0.6 is 0 Å². The highest BCUT2D eigenvalue weighted by molar-refractivity contribution is 6.07. The van der Waals surface area contributed by atoms with Crippen molar-refractivity contribution in [3.8, 4) is 0 Å². The third kappa shape index (κ3) is 3.45. The van der Waals surface area contributed by atoms with Gasteiger partial charge in [-0.2, -0.15) is 0 Å². The zero-order chi connectivity index (χ0) is 19.5. The number of nitrogens with zero attached hydrogens (tertiary/aromatic N) is 2. The number of benzene rings is 2. The second kappa shape index (κ2) is 7.98. The van der Waals surface area contributed by atoms with Gasteiger partial charge in [0.1, 0.15) is 5.92 Å². The molecule has 0 bridgehead atoms. The number of allylic oxidation sites excluding steroid dienone is 1. The van der Waals surface area contributed by atoms with Crippen LogP contribution in [0.4, 0.5) is 0 Å². The Labute approximate surface area is 165 Å². The molecule has 2 aliphatic rings. The van der Waals surface area contributed by atoms with Crippen LogP contribution in [-0.4, -0.2) is 34.9 Å². The van der Waals surface area contributed by atoms with Crippen LogP contribution in [0.25, 0.3) is 0 Å². The van der Waals surface area contributed by atoms with Crippen molar-refractivity contribution in [3.63, 3.8) is 0 Å². The maximum absolute atomic E-state index is 12.6. The first kappa shape index (κ1) is 18.4. The quantitative estimate of drug-likeness (QED) is 0.572. The first-order valence-electron chi connectivity index (χ1n) is 9.69. The van der Waals surface area contributed by atoms with Gasteiger partial charge in [-0.25, -0.2) is 0 Å². The van der Waals surface area contributed by atoms with E-state index in [1.807, 2.05) is 42.6 Å². The van der Waals surface area contributed by atoms with Gasteiger partial charge < -0.3 is 0 Å². The third-order valence-electron chi connectivity index (χ3n) is 5.44. The molecule has 0 N–H and O–H groups in total. The zero-order valence-electron chi connectivity index (χ0n) is 15.9. The molecule has 2 saturated heterocycles. The molecule has 0 saturated carbocycles. The average Bonchev–Trinajstić information content (AvgIpc) is 3.21. The number of hydrogen-bond donors (Lipinski definition) is 0. The third-order valence-corrected chi connectivity index (χ3v) is 5.44. The average molecular weight is 376 g/mol. The Kier molecular flexibility index (Phi) is 5.26. The number of carbonyl (C=O) groups is 2. The normalized spacial score (nSPS) is 24.4. The van der Waals surface area contributed by atoms with Crippen molar-refractivity contribution in [2.45, 2.75) is 31.4 Å². The monoisotopic (exact) mass is 376 g/mol. The summed E-state index contributed by atoms with van der Waals surface area (Å²) in [4.78, 5) is 32.1. The molecule has 5 heteroatoms. The van der Waals surface area contributed by atoms with E-state index in [4.69, 9.17) is 4.84 Å². The highest BCUT2D eigenvalue weighted by Gasteiger charge is 2.58. The van der Waals surface area contributed by atoms with Gasteiger partial charge in [-0.1, -0.05) is 66.7 Å². The van der Waals surface area contributed by atoms with E-state index in [0.717, 1.165) is 24.8 Å². The molecule has 144 valence electrons. The Bertz CT molecular complexity index is 866. The van der Waals surface area contributed by atoms with E-state index in [2.05, 4.69) is 30.3 Å². The highest BCUT2D eigenvalue weighted by Crippen LogP contribution is 2.44. The minimum atomic E-state index is -0.739. The van der Waals surface area contributed by atoms with Crippen LogP contribution < -0.4 is 0 Å². The van der Waals surface area contributed by atoms with Gasteiger partial charge in [-0.05, 0) is 30.4 Å². The second-order valence-corrected chi connectivity index (χ2v) is 7.27. The molecule has 0 aromatic heterocycles. The van der Waals surface area contributed by atoms with E-state index >= 15 is 0 Å². The van der Waals surface area contributed by atoms with Crippen molar-refractivity contribution in [2.75, 3.05) is 7.05 Å². The molecule has 5 nitrogen and oxygen atoms in total. The van der Waals surface area contributed by atoms with Crippen LogP contribution in [-0.2, 0) is 20.8 Å². The highest BCUT2D eigenvalue weighted by atomic mass is 16.7. The molecule has 0 unspecified atom stereocenters. The van der Waals surface area contributed by atoms with Crippen molar-refractivity contribution < 1.29 is 14.4 Å². The number of imide groups is 1. The lowest BCUT2D eigenvalue weighted by Gasteiger charge is -2.25. The number of unbranched alkanes of at least 4 members (excludes halogenated alkanes) is 1. The van der Waals surface area contributed by atoms with E-state index in [1.54, 1.807) is 5.06 Å². The summed E-state index contributed by atoms with van der Waals surface area (Å²) < 4.78 is 0. The maximum atomic E-state index is 12.6. The van der Waals surface area contributed by atoms with Crippen LogP contribution in [0.1, 0.15) is 30.0 Å². The Hall–Kier alpha value is -2.92. The van der Waals surface area contributed by atoms with Crippen LogP contribution in [0, 0.1) is 5.92 Å². The molecule has 4 rings (SSSR count). The lowest BCUT2D eigenvalue weighted by molar-refractivity contribution is -0.161. The first-order chi connectivity index (χ1) is 13.7. The molecule has 0 spiro atoms. The number of aryl methyl sites for hydroxylation is 1. The standard InChI is InChI=1S/C23H24N2O3/c1-24-22(26)19-20(18-14-8-3-9-15-18)25(28-21(19)23(24)27)16-10-4-7-13-17-11-5-2-6-12-17/h2-3,5-6,8-12,14-16,19-21H,4,7,13H2,1H3/b16-10+/t19-,20-,21+/m0/s1. The van der Waals surface area contributed by atoms with Crippen LogP contribution in [0.5, 0.6) is 0 Å². The zero-order valence-corrected chi connectivity index (χ0v) is 15.9. The van der Waals surface area contributed by atoms with Gasteiger partial charge >= 0.3 is 0 Å². The van der Waals surface area contributed by atoms with E-state index < -0.39 is 12.0 Å². The summed E-state index contributed by atoms with van der Waals surface area (Å²) in [5.74, 6) is -0.950. The fraction of sp³-hybridized carbons (Fsp3) is 0.304. The largest absolute Gasteiger partial charge is 0.283 e. The summed E-state index contributed by atoms with van der Waals surface area (Å²) in [6.45, 7) is 0. The summed E-state index contributed by atoms with van der Waals surface area (Å²) >= 11 is 0. The summed E-state index contributed by atoms with van der Waals surface area (Å²) in [6, 6.07) is 19.9. The molecule has 28 heavy (non-hydrogen) atoms. The molecular formula is C23H24N2O3. The van der Waals surface area contributed by atoms with Gasteiger partial charge in [0.25, 0.3) is 5.91 Å². The minimum Gasteiger partial charge on any atom is -0.283 e. The SMILES string of the molecule is CN1C(=O)[C@@H]2[C@@H](ON(/C=C/CCCc3ccccc3)[C@H]2c2ccccc2)C1=O. The number of fused-ring (bicyclic) bond motifs is 1. The maximum Gasteiger partial charge on any atom is 0.261 e. The number of amides is 2. The van der Waals surface area contributed by atoms with Gasteiger partial charge in [-0.15, -0.1) is 0 Å². The van der Waals surface area contributed by atoms with Crippen molar-refractivity contribution in [3.05, 3.63) is 84.1 Å². The molecular weight excluding hydrogens is 352 g/mol. The minimum absolute atomic E-state index is 0.177. The van der Waals surface area contributed by atoms with Crippen molar-refractivity contribution in [2.24, 2.45) is 5.92 Å². The Morgan fingerprint density at radius 3 is 2.36 bits per heavy atom. The topological polar surface area (TPSA) is 49.9 Å². The Morgan fingerprint density at radius 1 is 0.964 bits per heavy atom. The number of rotatable bonds is 6. The van der Waals surface area contributed by atoms with Crippen LogP contribution in [0.15, 0.2) is 72.9 Å². The predicted octanol–water partition coefficient (Wildman–Crippen LogP) is 3.49. The lowest BCUT2D eigenvalue weighted by Crippen LogP contribution is -2.32. The molecule has 2 fully saturated rings. The summed E-state index contributed by atoms with van der Waals surface area (Å²) in [6.07, 6.45) is 6.13. The molecule has 0 radical (unpaired) electrons. The van der Waals surface area contributed by atoms with Gasteiger partial charge in [-0.3, -0.25) is 24.4 Å². The number of hydroxylamine groups is 2. The molecule has 2 amide bonds. The fourth-order valence-corrected chi connectivity index (χ4v) is 3.95. The molecule has 2 aromatic carbocycles. The van der Waals surface area contributed by atoms with Gasteiger partial charge in [0.15, 0.2) is 6.10 Å². The second-order valence-electron chi connectivity index (χ2n) is 7.27. The lowest BCUT2D eigenvalue weighted by atomic mass is 9.91. The number of likely N-dealkylation sites (N-methyl/N-ethyl adjacent to an activating group) is 1. The summed E-state index contributed by atoms with van der Waals surface area (Å²) in [5.41, 5.74) is 2.30. The van der Waals surface area contributed by atoms with Gasteiger partial charge in [0, 0.05) is 13.2 Å². The number of carbonyl (C=O) groups excluding carboxylic acids is 2. The summed E-state index contributed by atoms with van der Waals surface area (Å²) in [5, 5.41) is 1.69. The van der Waals surface area contributed by atoms with Gasteiger partial charge in [0.2, 0.25) is 5.91 Å². The van der Waals surface area contributed by atoms with E-state index in [9.17, 15) is 9.59 Å². The number of likely N-dealkylation sites (tertiary alicyclic amines) is 1. The van der Waals surface area contributed by atoms with Crippen LogP contribution in [0.3, 0.4) is 0 Å². The van der Waals surface area contributed by atoms with E-state index in [0.29, 0.717) is 0 Å². The van der Waals surface area contributed by atoms with Gasteiger partial charge in [0.05, 0.1) is 6.04 Å². The van der Waals surface area contributed by atoms with Crippen LogP contribution in [0.2, 0.25) is 0 Å². The fourth-order valence-electron chi connectivity index (χ4n) is 3.95. The molecule has 3 atom stereocenters. The Morgan fingerprint density at radius 2 is 1.64 bits per heavy atom. The van der Waals surface area contributed by atoms with E-state index in [1.165, 1.54) is 17.5 Å². The number of hydrogen-bond acceptors (Lipinski definition) is 4.